The summed E-state index contributed by atoms with van der Waals surface area (Å²) in [6, 6.07) is 7.70. The summed E-state index contributed by atoms with van der Waals surface area (Å²) in [5.74, 6) is 0.906. The van der Waals surface area contributed by atoms with Crippen molar-refractivity contribution in [3.05, 3.63) is 28.7 Å². The van der Waals surface area contributed by atoms with E-state index in [-0.39, 0.29) is 18.3 Å². The van der Waals surface area contributed by atoms with E-state index in [1.807, 2.05) is 31.3 Å². The van der Waals surface area contributed by atoms with E-state index in [1.165, 1.54) is 0 Å². The van der Waals surface area contributed by atoms with Gasteiger partial charge < -0.3 is 15.4 Å². The number of rotatable bonds is 9. The standard InChI is InChI=1S/C14H21BrN2O2.ClH/c1-16-9-5-10-17-14(18)8-4-11-19-13-7-3-2-6-12(13)15;/h2-3,6-7,16H,4-5,8-11H2,1H3,(H,17,18);1H. The molecule has 0 heterocycles. The molecule has 1 amide bonds. The first-order valence-electron chi connectivity index (χ1n) is 6.52. The number of halogens is 2. The van der Waals surface area contributed by atoms with E-state index in [2.05, 4.69) is 26.6 Å². The van der Waals surface area contributed by atoms with Crippen LogP contribution in [0.15, 0.2) is 28.7 Å². The van der Waals surface area contributed by atoms with Gasteiger partial charge in [-0.05, 0) is 54.5 Å². The summed E-state index contributed by atoms with van der Waals surface area (Å²) in [5.41, 5.74) is 0. The molecule has 0 aliphatic rings. The third-order valence-electron chi connectivity index (χ3n) is 2.57. The molecule has 0 saturated carbocycles. The van der Waals surface area contributed by atoms with Crippen LogP contribution in [-0.2, 0) is 4.79 Å². The van der Waals surface area contributed by atoms with Gasteiger partial charge in [0.15, 0.2) is 0 Å². The van der Waals surface area contributed by atoms with Gasteiger partial charge in [-0.15, -0.1) is 12.4 Å². The quantitative estimate of drug-likeness (QED) is 0.662. The van der Waals surface area contributed by atoms with E-state index >= 15 is 0 Å². The Kier molecular flexibility index (Phi) is 11.5. The molecule has 114 valence electrons. The maximum Gasteiger partial charge on any atom is 0.220 e. The van der Waals surface area contributed by atoms with Crippen LogP contribution in [0.1, 0.15) is 19.3 Å². The van der Waals surface area contributed by atoms with Gasteiger partial charge in [0.05, 0.1) is 11.1 Å². The van der Waals surface area contributed by atoms with Gasteiger partial charge in [0.2, 0.25) is 5.91 Å². The summed E-state index contributed by atoms with van der Waals surface area (Å²) in [4.78, 5) is 11.5. The van der Waals surface area contributed by atoms with E-state index in [1.54, 1.807) is 0 Å². The topological polar surface area (TPSA) is 50.4 Å². The Hall–Kier alpha value is -0.780. The van der Waals surface area contributed by atoms with E-state index in [4.69, 9.17) is 4.74 Å². The first kappa shape index (κ1) is 19.2. The maximum atomic E-state index is 11.5. The van der Waals surface area contributed by atoms with Crippen LogP contribution in [0.25, 0.3) is 0 Å². The molecule has 0 atom stereocenters. The number of amides is 1. The Balaban J connectivity index is 0.00000361. The van der Waals surface area contributed by atoms with Gasteiger partial charge >= 0.3 is 0 Å². The zero-order valence-electron chi connectivity index (χ0n) is 11.7. The molecule has 4 nitrogen and oxygen atoms in total. The third kappa shape index (κ3) is 8.40. The van der Waals surface area contributed by atoms with E-state index < -0.39 is 0 Å². The molecule has 6 heteroatoms. The van der Waals surface area contributed by atoms with E-state index in [9.17, 15) is 4.79 Å². The summed E-state index contributed by atoms with van der Waals surface area (Å²) >= 11 is 3.42. The highest BCUT2D eigenvalue weighted by atomic mass is 79.9. The van der Waals surface area contributed by atoms with Gasteiger partial charge in [-0.25, -0.2) is 0 Å². The lowest BCUT2D eigenvalue weighted by Crippen LogP contribution is -2.26. The summed E-state index contributed by atoms with van der Waals surface area (Å²) in [6.07, 6.45) is 2.18. The molecule has 20 heavy (non-hydrogen) atoms. The lowest BCUT2D eigenvalue weighted by Gasteiger charge is -2.08. The molecule has 1 aromatic carbocycles. The van der Waals surface area contributed by atoms with Crippen molar-refractivity contribution < 1.29 is 9.53 Å². The molecule has 0 fully saturated rings. The Morgan fingerprint density at radius 2 is 2.00 bits per heavy atom. The average Bonchev–Trinajstić information content (AvgIpc) is 2.41. The van der Waals surface area contributed by atoms with Crippen LogP contribution in [0.4, 0.5) is 0 Å². The van der Waals surface area contributed by atoms with Crippen molar-refractivity contribution in [2.45, 2.75) is 19.3 Å². The lowest BCUT2D eigenvalue weighted by molar-refractivity contribution is -0.121. The predicted octanol–water partition coefficient (Wildman–Crippen LogP) is 2.76. The lowest BCUT2D eigenvalue weighted by atomic mass is 10.3. The molecule has 0 saturated heterocycles. The van der Waals surface area contributed by atoms with Crippen LogP contribution in [-0.4, -0.2) is 32.7 Å². The number of hydrogen-bond acceptors (Lipinski definition) is 3. The smallest absolute Gasteiger partial charge is 0.220 e. The van der Waals surface area contributed by atoms with Crippen molar-refractivity contribution in [2.24, 2.45) is 0 Å². The second kappa shape index (κ2) is 12.0. The second-order valence-electron chi connectivity index (χ2n) is 4.19. The highest BCUT2D eigenvalue weighted by molar-refractivity contribution is 9.10. The molecule has 0 aliphatic carbocycles. The molecule has 0 unspecified atom stereocenters. The summed E-state index contributed by atoms with van der Waals surface area (Å²) in [5, 5.41) is 5.93. The highest BCUT2D eigenvalue weighted by Gasteiger charge is 2.02. The van der Waals surface area contributed by atoms with Crippen LogP contribution >= 0.6 is 28.3 Å². The number of nitrogens with one attached hydrogen (secondary N) is 2. The van der Waals surface area contributed by atoms with Gasteiger partial charge in [0.25, 0.3) is 0 Å². The van der Waals surface area contributed by atoms with Crippen molar-refractivity contribution in [1.82, 2.24) is 10.6 Å². The summed E-state index contributed by atoms with van der Waals surface area (Å²) in [6.45, 7) is 2.20. The third-order valence-corrected chi connectivity index (χ3v) is 3.22. The summed E-state index contributed by atoms with van der Waals surface area (Å²) < 4.78 is 6.53. The van der Waals surface area contributed by atoms with E-state index in [0.29, 0.717) is 13.0 Å². The minimum Gasteiger partial charge on any atom is -0.492 e. The molecule has 0 aliphatic heterocycles. The summed E-state index contributed by atoms with van der Waals surface area (Å²) in [7, 11) is 1.90. The van der Waals surface area contributed by atoms with Crippen LogP contribution < -0.4 is 15.4 Å². The normalized spacial score (nSPS) is 9.70. The number of carbonyl (C=O) groups is 1. The molecule has 1 aromatic rings. The van der Waals surface area contributed by atoms with Crippen LogP contribution in [0.3, 0.4) is 0 Å². The predicted molar refractivity (Wildman–Crippen MR) is 87.7 cm³/mol. The number of para-hydroxylation sites is 1. The molecule has 1 rings (SSSR count). The second-order valence-corrected chi connectivity index (χ2v) is 5.04. The van der Waals surface area contributed by atoms with Crippen molar-refractivity contribution >= 4 is 34.2 Å². The number of benzene rings is 1. The van der Waals surface area contributed by atoms with Crippen molar-refractivity contribution in [2.75, 3.05) is 26.7 Å². The van der Waals surface area contributed by atoms with Crippen LogP contribution in [0, 0.1) is 0 Å². The van der Waals surface area contributed by atoms with Gasteiger partial charge in [-0.1, -0.05) is 12.1 Å². The van der Waals surface area contributed by atoms with E-state index in [0.717, 1.165) is 36.2 Å². The number of carbonyl (C=O) groups excluding carboxylic acids is 1. The van der Waals surface area contributed by atoms with Crippen molar-refractivity contribution in [3.63, 3.8) is 0 Å². The maximum absolute atomic E-state index is 11.5. The highest BCUT2D eigenvalue weighted by Crippen LogP contribution is 2.23. The molecule has 0 radical (unpaired) electrons. The molecule has 0 bridgehead atoms. The largest absolute Gasteiger partial charge is 0.492 e. The Bertz CT molecular complexity index is 391. The molecule has 2 N–H and O–H groups in total. The minimum absolute atomic E-state index is 0. The molecule has 0 aromatic heterocycles. The fourth-order valence-electron chi connectivity index (χ4n) is 1.56. The first-order chi connectivity index (χ1) is 9.24. The van der Waals surface area contributed by atoms with Crippen LogP contribution in [0.5, 0.6) is 5.75 Å². The van der Waals surface area contributed by atoms with Gasteiger partial charge in [0.1, 0.15) is 5.75 Å². The SMILES string of the molecule is CNCCCNC(=O)CCCOc1ccccc1Br.Cl. The fraction of sp³-hybridized carbons (Fsp3) is 0.500. The zero-order valence-corrected chi connectivity index (χ0v) is 14.1. The van der Waals surface area contributed by atoms with Crippen molar-refractivity contribution in [1.29, 1.82) is 0 Å². The van der Waals surface area contributed by atoms with Gasteiger partial charge in [0, 0.05) is 13.0 Å². The first-order valence-corrected chi connectivity index (χ1v) is 7.32. The minimum atomic E-state index is 0. The van der Waals surface area contributed by atoms with Crippen LogP contribution in [0.2, 0.25) is 0 Å². The van der Waals surface area contributed by atoms with Gasteiger partial charge in [-0.3, -0.25) is 4.79 Å². The number of ether oxygens (including phenoxy) is 1. The number of hydrogen-bond donors (Lipinski definition) is 2. The Morgan fingerprint density at radius 1 is 1.25 bits per heavy atom. The van der Waals surface area contributed by atoms with Gasteiger partial charge in [-0.2, -0.15) is 0 Å². The average molecular weight is 366 g/mol. The van der Waals surface area contributed by atoms with Crippen molar-refractivity contribution in [3.8, 4) is 5.75 Å². The fourth-order valence-corrected chi connectivity index (χ4v) is 1.96. The zero-order chi connectivity index (χ0) is 13.9. The monoisotopic (exact) mass is 364 g/mol. The molecular weight excluding hydrogens is 344 g/mol. The Morgan fingerprint density at radius 3 is 2.70 bits per heavy atom. The molecule has 0 spiro atoms. The Labute approximate surface area is 135 Å². The molecular formula is C14H22BrClN2O2.